The first-order valence-electron chi connectivity index (χ1n) is 12.0. The number of nitriles is 1. The van der Waals surface area contributed by atoms with E-state index in [0.717, 1.165) is 48.1 Å². The minimum absolute atomic E-state index is 0.139. The second kappa shape index (κ2) is 8.95. The number of benzene rings is 2. The summed E-state index contributed by atoms with van der Waals surface area (Å²) >= 11 is 0. The maximum absolute atomic E-state index is 13.7. The Morgan fingerprint density at radius 2 is 1.97 bits per heavy atom. The van der Waals surface area contributed by atoms with Crippen LogP contribution in [0, 0.1) is 17.2 Å². The molecule has 0 aliphatic carbocycles. The number of aryl methyl sites for hydroxylation is 1. The summed E-state index contributed by atoms with van der Waals surface area (Å²) in [6.45, 7) is 4.40. The fraction of sp³-hybridized carbons (Fsp3) is 0.321. The third-order valence-electron chi connectivity index (χ3n) is 7.36. The molecule has 0 saturated carbocycles. The van der Waals surface area contributed by atoms with Crippen molar-refractivity contribution in [2.24, 2.45) is 13.0 Å². The van der Waals surface area contributed by atoms with Gasteiger partial charge in [0.2, 0.25) is 0 Å². The lowest BCUT2D eigenvalue weighted by molar-refractivity contribution is 0.0697. The Balaban J connectivity index is 1.82. The van der Waals surface area contributed by atoms with Gasteiger partial charge in [0.1, 0.15) is 11.3 Å². The van der Waals surface area contributed by atoms with E-state index in [1.807, 2.05) is 28.8 Å². The van der Waals surface area contributed by atoms with E-state index in [1.54, 1.807) is 29.8 Å². The standard InChI is InChI=1S/C28H28N4O3/c1-3-18-7-6-12-31(16-18)25-14-23-22-13-19(28(34)35)10-11-24(22)30(2)27(33)26(23)32(25)17-21-9-5-4-8-20(21)15-29/h4-5,8-11,13-14,18H,3,6-7,12,16-17H2,1-2H3,(H,34,35)/t18-/m1/s1. The number of carbonyl (C=O) groups is 1. The molecule has 0 amide bonds. The van der Waals surface area contributed by atoms with Crippen molar-refractivity contribution in [1.29, 1.82) is 5.26 Å². The van der Waals surface area contributed by atoms with Crippen molar-refractivity contribution in [2.75, 3.05) is 18.0 Å². The van der Waals surface area contributed by atoms with E-state index in [9.17, 15) is 20.0 Å². The third-order valence-corrected chi connectivity index (χ3v) is 7.36. The summed E-state index contributed by atoms with van der Waals surface area (Å²) in [5.74, 6) is 0.523. The van der Waals surface area contributed by atoms with Gasteiger partial charge in [-0.3, -0.25) is 4.79 Å². The van der Waals surface area contributed by atoms with Gasteiger partial charge in [0, 0.05) is 30.9 Å². The van der Waals surface area contributed by atoms with Crippen LogP contribution in [-0.4, -0.2) is 33.3 Å². The third kappa shape index (κ3) is 3.85. The smallest absolute Gasteiger partial charge is 0.335 e. The number of hydrogen-bond donors (Lipinski definition) is 1. The molecule has 4 aromatic rings. The average molecular weight is 469 g/mol. The van der Waals surface area contributed by atoms with Crippen molar-refractivity contribution in [3.63, 3.8) is 0 Å². The van der Waals surface area contributed by atoms with Gasteiger partial charge in [0.25, 0.3) is 5.56 Å². The second-order valence-corrected chi connectivity index (χ2v) is 9.38. The van der Waals surface area contributed by atoms with Crippen molar-refractivity contribution >= 4 is 33.6 Å². The van der Waals surface area contributed by atoms with Crippen LogP contribution >= 0.6 is 0 Å². The van der Waals surface area contributed by atoms with E-state index in [-0.39, 0.29) is 11.1 Å². The monoisotopic (exact) mass is 468 g/mol. The highest BCUT2D eigenvalue weighted by molar-refractivity contribution is 6.08. The van der Waals surface area contributed by atoms with Crippen LogP contribution in [0.5, 0.6) is 0 Å². The van der Waals surface area contributed by atoms with E-state index in [2.05, 4.69) is 17.9 Å². The fourth-order valence-corrected chi connectivity index (χ4v) is 5.38. The van der Waals surface area contributed by atoms with Crippen LogP contribution in [0.15, 0.2) is 53.3 Å². The zero-order valence-corrected chi connectivity index (χ0v) is 20.0. The van der Waals surface area contributed by atoms with Crippen molar-refractivity contribution in [2.45, 2.75) is 32.7 Å². The number of carboxylic acid groups (broad SMARTS) is 1. The van der Waals surface area contributed by atoms with Gasteiger partial charge in [-0.25, -0.2) is 4.79 Å². The van der Waals surface area contributed by atoms with Gasteiger partial charge < -0.3 is 19.1 Å². The maximum atomic E-state index is 13.7. The molecule has 1 saturated heterocycles. The highest BCUT2D eigenvalue weighted by Gasteiger charge is 2.25. The molecule has 35 heavy (non-hydrogen) atoms. The van der Waals surface area contributed by atoms with Crippen LogP contribution in [-0.2, 0) is 13.6 Å². The summed E-state index contributed by atoms with van der Waals surface area (Å²) in [5, 5.41) is 20.8. The lowest BCUT2D eigenvalue weighted by Gasteiger charge is -2.34. The summed E-state index contributed by atoms with van der Waals surface area (Å²) in [6, 6.07) is 16.7. The minimum Gasteiger partial charge on any atom is -0.478 e. The number of nitrogens with zero attached hydrogens (tertiary/aromatic N) is 4. The molecule has 5 rings (SSSR count). The number of hydrogen-bond acceptors (Lipinski definition) is 4. The lowest BCUT2D eigenvalue weighted by atomic mass is 9.96. The molecule has 2 aromatic carbocycles. The molecule has 1 fully saturated rings. The van der Waals surface area contributed by atoms with Gasteiger partial charge in [-0.15, -0.1) is 0 Å². The number of pyridine rings is 1. The molecule has 2 aromatic heterocycles. The molecule has 1 aliphatic heterocycles. The predicted molar refractivity (Wildman–Crippen MR) is 137 cm³/mol. The maximum Gasteiger partial charge on any atom is 0.335 e. The molecule has 178 valence electrons. The summed E-state index contributed by atoms with van der Waals surface area (Å²) in [4.78, 5) is 27.8. The molecular weight excluding hydrogens is 440 g/mol. The lowest BCUT2D eigenvalue weighted by Crippen LogP contribution is -2.36. The van der Waals surface area contributed by atoms with Gasteiger partial charge >= 0.3 is 5.97 Å². The molecule has 0 spiro atoms. The summed E-state index contributed by atoms with van der Waals surface area (Å²) in [6.07, 6.45) is 3.37. The molecule has 7 nitrogen and oxygen atoms in total. The summed E-state index contributed by atoms with van der Waals surface area (Å²) in [7, 11) is 1.72. The molecule has 0 radical (unpaired) electrons. The summed E-state index contributed by atoms with van der Waals surface area (Å²) in [5.41, 5.74) is 2.70. The van der Waals surface area contributed by atoms with Crippen LogP contribution in [0.4, 0.5) is 5.82 Å². The number of aromatic nitrogens is 2. The van der Waals surface area contributed by atoms with Gasteiger partial charge in [0.05, 0.1) is 29.3 Å². The zero-order valence-electron chi connectivity index (χ0n) is 20.0. The van der Waals surface area contributed by atoms with Crippen molar-refractivity contribution < 1.29 is 9.90 Å². The van der Waals surface area contributed by atoms with Gasteiger partial charge in [-0.2, -0.15) is 5.26 Å². The normalized spacial score (nSPS) is 16.0. The largest absolute Gasteiger partial charge is 0.478 e. The predicted octanol–water partition coefficient (Wildman–Crippen LogP) is 4.74. The van der Waals surface area contributed by atoms with Crippen LogP contribution in [0.3, 0.4) is 0 Å². The highest BCUT2D eigenvalue weighted by Crippen LogP contribution is 2.34. The quantitative estimate of drug-likeness (QED) is 0.457. The fourth-order valence-electron chi connectivity index (χ4n) is 5.38. The molecule has 1 N–H and O–H groups in total. The number of anilines is 1. The van der Waals surface area contributed by atoms with Crippen LogP contribution in [0.1, 0.15) is 47.7 Å². The first kappa shape index (κ1) is 22.7. The first-order valence-corrected chi connectivity index (χ1v) is 12.0. The Morgan fingerprint density at radius 1 is 1.17 bits per heavy atom. The Morgan fingerprint density at radius 3 is 2.71 bits per heavy atom. The van der Waals surface area contributed by atoms with E-state index in [0.29, 0.717) is 29.1 Å². The second-order valence-electron chi connectivity index (χ2n) is 9.38. The molecule has 0 unspecified atom stereocenters. The number of piperidine rings is 1. The zero-order chi connectivity index (χ0) is 24.7. The van der Waals surface area contributed by atoms with Crippen molar-refractivity contribution in [3.8, 4) is 6.07 Å². The molecule has 3 heterocycles. The van der Waals surface area contributed by atoms with Crippen molar-refractivity contribution in [1.82, 2.24) is 9.13 Å². The Bertz CT molecular complexity index is 1560. The van der Waals surface area contributed by atoms with E-state index in [4.69, 9.17) is 0 Å². The minimum atomic E-state index is -1.00. The number of aromatic carboxylic acids is 1. The average Bonchev–Trinajstić information content (AvgIpc) is 3.26. The Hall–Kier alpha value is -4.05. The number of fused-ring (bicyclic) bond motifs is 3. The van der Waals surface area contributed by atoms with E-state index in [1.165, 1.54) is 12.5 Å². The van der Waals surface area contributed by atoms with Crippen LogP contribution < -0.4 is 10.5 Å². The van der Waals surface area contributed by atoms with Gasteiger partial charge in [-0.05, 0) is 54.7 Å². The Kier molecular flexibility index (Phi) is 5.81. The SMILES string of the molecule is CC[C@@H]1CCCN(c2cc3c4cc(C(=O)O)ccc4n(C)c(=O)c3n2Cc2ccccc2C#N)C1. The molecular formula is C28H28N4O3. The van der Waals surface area contributed by atoms with E-state index < -0.39 is 5.97 Å². The van der Waals surface area contributed by atoms with Crippen LogP contribution in [0.2, 0.25) is 0 Å². The number of rotatable bonds is 5. The van der Waals surface area contributed by atoms with Gasteiger partial charge in [0.15, 0.2) is 0 Å². The molecule has 1 atom stereocenters. The summed E-state index contributed by atoms with van der Waals surface area (Å²) < 4.78 is 3.61. The first-order chi connectivity index (χ1) is 16.9. The molecule has 7 heteroatoms. The molecule has 1 aliphatic rings. The number of carboxylic acids is 1. The topological polar surface area (TPSA) is 91.3 Å². The van der Waals surface area contributed by atoms with E-state index >= 15 is 0 Å². The van der Waals surface area contributed by atoms with Crippen molar-refractivity contribution in [3.05, 3.63) is 75.6 Å². The highest BCUT2D eigenvalue weighted by atomic mass is 16.4. The Labute approximate surface area is 203 Å². The van der Waals surface area contributed by atoms with Gasteiger partial charge in [-0.1, -0.05) is 31.5 Å². The molecule has 0 bridgehead atoms. The van der Waals surface area contributed by atoms with Crippen LogP contribution in [0.25, 0.3) is 21.8 Å².